The Morgan fingerprint density at radius 3 is 1.54 bits per heavy atom. The molecule has 230 valence electrons. The Morgan fingerprint density at radius 1 is 0.707 bits per heavy atom. The SMILES string of the molecule is CCOCCOc1ccc(CC(C(=O)O)N2CCN(CC(=O)O)CCN(CC(=O)O)CCN(CC(=O)O)CC2)cc1. The van der Waals surface area contributed by atoms with E-state index in [2.05, 4.69) is 0 Å². The molecule has 0 radical (unpaired) electrons. The van der Waals surface area contributed by atoms with Crippen LogP contribution >= 0.6 is 0 Å². The molecule has 0 aromatic heterocycles. The Balaban J connectivity index is 2.21. The van der Waals surface area contributed by atoms with Crippen LogP contribution in [0.25, 0.3) is 0 Å². The van der Waals surface area contributed by atoms with Gasteiger partial charge in [0.15, 0.2) is 0 Å². The molecular formula is C27H42N4O10. The molecule has 1 aromatic rings. The predicted molar refractivity (Wildman–Crippen MR) is 147 cm³/mol. The van der Waals surface area contributed by atoms with E-state index in [1.807, 2.05) is 6.92 Å². The third kappa shape index (κ3) is 13.7. The van der Waals surface area contributed by atoms with Crippen molar-refractivity contribution in [2.45, 2.75) is 19.4 Å². The number of ether oxygens (including phenoxy) is 2. The summed E-state index contributed by atoms with van der Waals surface area (Å²) in [5.41, 5.74) is 0.773. The molecular weight excluding hydrogens is 540 g/mol. The summed E-state index contributed by atoms with van der Waals surface area (Å²) in [6.45, 7) is 4.52. The van der Waals surface area contributed by atoms with Crippen LogP contribution in [0, 0.1) is 0 Å². The van der Waals surface area contributed by atoms with E-state index in [4.69, 9.17) is 9.47 Å². The lowest BCUT2D eigenvalue weighted by atomic mass is 10.0. The van der Waals surface area contributed by atoms with Gasteiger partial charge in [-0.1, -0.05) is 12.1 Å². The minimum atomic E-state index is -1.05. The van der Waals surface area contributed by atoms with E-state index in [0.717, 1.165) is 5.56 Å². The third-order valence-corrected chi connectivity index (χ3v) is 6.73. The van der Waals surface area contributed by atoms with Crippen LogP contribution in [0.2, 0.25) is 0 Å². The molecule has 0 aliphatic carbocycles. The number of benzene rings is 1. The predicted octanol–water partition coefficient (Wildman–Crippen LogP) is -0.427. The van der Waals surface area contributed by atoms with Crippen LogP contribution in [0.1, 0.15) is 12.5 Å². The zero-order valence-corrected chi connectivity index (χ0v) is 23.5. The summed E-state index contributed by atoms with van der Waals surface area (Å²) in [5, 5.41) is 38.3. The van der Waals surface area contributed by atoms with Crippen molar-refractivity contribution in [2.75, 3.05) is 91.8 Å². The first-order chi connectivity index (χ1) is 19.6. The van der Waals surface area contributed by atoms with Gasteiger partial charge < -0.3 is 29.9 Å². The van der Waals surface area contributed by atoms with Crippen LogP contribution in [-0.4, -0.2) is 162 Å². The van der Waals surface area contributed by atoms with E-state index in [1.54, 1.807) is 43.9 Å². The van der Waals surface area contributed by atoms with E-state index in [9.17, 15) is 39.6 Å². The van der Waals surface area contributed by atoms with Crippen molar-refractivity contribution >= 4 is 23.9 Å². The Hall–Kier alpha value is -3.30. The summed E-state index contributed by atoms with van der Waals surface area (Å²) < 4.78 is 10.9. The molecule has 1 heterocycles. The standard InChI is InChI=1S/C27H42N4O10/c1-2-40-15-16-41-22-5-3-21(4-6-22)17-23(27(38)39)31-13-11-29(19-25(34)35)9-7-28(18-24(32)33)8-10-30(12-14-31)20-26(36)37/h3-6,23H,2,7-20H2,1H3,(H,32,33)(H,34,35)(H,36,37)(H,38,39). The first-order valence-electron chi connectivity index (χ1n) is 13.7. The minimum Gasteiger partial charge on any atom is -0.491 e. The van der Waals surface area contributed by atoms with Gasteiger partial charge in [-0.2, -0.15) is 0 Å². The highest BCUT2D eigenvalue weighted by molar-refractivity contribution is 5.74. The lowest BCUT2D eigenvalue weighted by Gasteiger charge is -2.35. The highest BCUT2D eigenvalue weighted by atomic mass is 16.5. The van der Waals surface area contributed by atoms with Crippen molar-refractivity contribution in [3.63, 3.8) is 0 Å². The quantitative estimate of drug-likeness (QED) is 0.196. The summed E-state index contributed by atoms with van der Waals surface area (Å²) >= 11 is 0. The number of hydrogen-bond acceptors (Lipinski definition) is 10. The van der Waals surface area contributed by atoms with Crippen LogP contribution in [0.4, 0.5) is 0 Å². The summed E-state index contributed by atoms with van der Waals surface area (Å²) in [7, 11) is 0. The van der Waals surface area contributed by atoms with Gasteiger partial charge in [0.2, 0.25) is 0 Å². The first-order valence-corrected chi connectivity index (χ1v) is 13.7. The molecule has 0 saturated carbocycles. The van der Waals surface area contributed by atoms with Crippen LogP contribution in [0.15, 0.2) is 24.3 Å². The van der Waals surface area contributed by atoms with Crippen molar-refractivity contribution in [3.8, 4) is 5.75 Å². The number of aliphatic carboxylic acids is 4. The van der Waals surface area contributed by atoms with Crippen LogP contribution in [-0.2, 0) is 30.3 Å². The average molecular weight is 583 g/mol. The van der Waals surface area contributed by atoms with E-state index in [1.165, 1.54) is 0 Å². The van der Waals surface area contributed by atoms with E-state index >= 15 is 0 Å². The fourth-order valence-corrected chi connectivity index (χ4v) is 4.59. The lowest BCUT2D eigenvalue weighted by Crippen LogP contribution is -2.52. The lowest BCUT2D eigenvalue weighted by molar-refractivity contribution is -0.144. The summed E-state index contributed by atoms with van der Waals surface area (Å²) in [5.74, 6) is -3.53. The zero-order valence-electron chi connectivity index (χ0n) is 23.5. The number of carbonyl (C=O) groups is 4. The fraction of sp³-hybridized carbons (Fsp3) is 0.630. The zero-order chi connectivity index (χ0) is 30.2. The second-order valence-corrected chi connectivity index (χ2v) is 9.79. The Bertz CT molecular complexity index is 945. The molecule has 2 rings (SSSR count). The maximum absolute atomic E-state index is 12.5. The summed E-state index contributed by atoms with van der Waals surface area (Å²) in [6.07, 6.45) is 0.179. The van der Waals surface area contributed by atoms with Gasteiger partial charge in [0.05, 0.1) is 26.2 Å². The van der Waals surface area contributed by atoms with Gasteiger partial charge in [0.25, 0.3) is 0 Å². The smallest absolute Gasteiger partial charge is 0.321 e. The molecule has 14 nitrogen and oxygen atoms in total. The van der Waals surface area contributed by atoms with Crippen molar-refractivity contribution in [1.29, 1.82) is 0 Å². The normalized spacial score (nSPS) is 17.7. The molecule has 1 aliphatic heterocycles. The van der Waals surface area contributed by atoms with Crippen molar-refractivity contribution < 1.29 is 49.1 Å². The molecule has 1 fully saturated rings. The molecule has 1 saturated heterocycles. The van der Waals surface area contributed by atoms with Crippen LogP contribution in [0.3, 0.4) is 0 Å². The number of carboxylic acids is 4. The van der Waals surface area contributed by atoms with Gasteiger partial charge in [-0.25, -0.2) is 0 Å². The van der Waals surface area contributed by atoms with Gasteiger partial charge in [0, 0.05) is 59.0 Å². The van der Waals surface area contributed by atoms with Crippen molar-refractivity contribution in [2.24, 2.45) is 0 Å². The number of hydrogen-bond donors (Lipinski definition) is 4. The Morgan fingerprint density at radius 2 is 1.15 bits per heavy atom. The Labute approximate surface area is 239 Å². The van der Waals surface area contributed by atoms with Gasteiger partial charge >= 0.3 is 23.9 Å². The van der Waals surface area contributed by atoms with Gasteiger partial charge in [-0.3, -0.25) is 38.8 Å². The second kappa shape index (κ2) is 18.2. The van der Waals surface area contributed by atoms with Gasteiger partial charge in [0.1, 0.15) is 18.4 Å². The maximum atomic E-state index is 12.5. The molecule has 1 unspecified atom stereocenters. The van der Waals surface area contributed by atoms with Gasteiger partial charge in [-0.15, -0.1) is 0 Å². The minimum absolute atomic E-state index is 0.179. The van der Waals surface area contributed by atoms with E-state index in [0.29, 0.717) is 25.6 Å². The molecule has 14 heteroatoms. The number of rotatable bonds is 15. The van der Waals surface area contributed by atoms with Crippen LogP contribution < -0.4 is 4.74 Å². The highest BCUT2D eigenvalue weighted by Crippen LogP contribution is 2.16. The second-order valence-electron chi connectivity index (χ2n) is 9.79. The van der Waals surface area contributed by atoms with E-state index < -0.39 is 29.9 Å². The van der Waals surface area contributed by atoms with Crippen LogP contribution in [0.5, 0.6) is 5.75 Å². The molecule has 1 aliphatic rings. The van der Waals surface area contributed by atoms with Crippen molar-refractivity contribution in [1.82, 2.24) is 19.6 Å². The number of carboxylic acid groups (broad SMARTS) is 4. The molecule has 0 amide bonds. The maximum Gasteiger partial charge on any atom is 0.321 e. The molecule has 1 atom stereocenters. The first kappa shape index (κ1) is 33.9. The number of nitrogens with zero attached hydrogens (tertiary/aromatic N) is 4. The molecule has 0 bridgehead atoms. The summed E-state index contributed by atoms with van der Waals surface area (Å²) in [4.78, 5) is 53.5. The average Bonchev–Trinajstić information content (AvgIpc) is 2.90. The summed E-state index contributed by atoms with van der Waals surface area (Å²) in [6, 6.07) is 6.19. The topological polar surface area (TPSA) is 181 Å². The molecule has 41 heavy (non-hydrogen) atoms. The third-order valence-electron chi connectivity index (χ3n) is 6.73. The molecule has 4 N–H and O–H groups in total. The largest absolute Gasteiger partial charge is 0.491 e. The monoisotopic (exact) mass is 582 g/mol. The van der Waals surface area contributed by atoms with Crippen molar-refractivity contribution in [3.05, 3.63) is 29.8 Å². The molecule has 1 aromatic carbocycles. The molecule has 0 spiro atoms. The van der Waals surface area contributed by atoms with E-state index in [-0.39, 0.29) is 78.4 Å². The Kier molecular flexibility index (Phi) is 15.0. The highest BCUT2D eigenvalue weighted by Gasteiger charge is 2.28. The van der Waals surface area contributed by atoms with Gasteiger partial charge in [-0.05, 0) is 31.0 Å². The fourth-order valence-electron chi connectivity index (χ4n) is 4.59.